The van der Waals surface area contributed by atoms with E-state index in [4.69, 9.17) is 4.74 Å². The van der Waals surface area contributed by atoms with E-state index in [1.54, 1.807) is 42.5 Å². The Bertz CT molecular complexity index is 659. The molecule has 0 radical (unpaired) electrons. The fourth-order valence-electron chi connectivity index (χ4n) is 1.80. The summed E-state index contributed by atoms with van der Waals surface area (Å²) in [5, 5.41) is 5.30. The first kappa shape index (κ1) is 15.6. The molecule has 0 aromatic heterocycles. The van der Waals surface area contributed by atoms with Crippen LogP contribution in [-0.4, -0.2) is 12.6 Å². The number of hydrogen-bond acceptors (Lipinski definition) is 2. The Hall–Kier alpha value is -2.82. The summed E-state index contributed by atoms with van der Waals surface area (Å²) in [6, 6.07) is 12.9. The van der Waals surface area contributed by atoms with Crippen molar-refractivity contribution in [1.82, 2.24) is 5.32 Å². The van der Waals surface area contributed by atoms with Gasteiger partial charge in [0.15, 0.2) is 0 Å². The molecular formula is C17H17FN2O2. The molecule has 0 bridgehead atoms. The van der Waals surface area contributed by atoms with Gasteiger partial charge in [-0.25, -0.2) is 9.18 Å². The second kappa shape index (κ2) is 7.83. The monoisotopic (exact) mass is 300 g/mol. The van der Waals surface area contributed by atoms with E-state index in [0.717, 1.165) is 5.56 Å². The van der Waals surface area contributed by atoms with E-state index in [2.05, 4.69) is 17.2 Å². The molecule has 0 aliphatic rings. The predicted molar refractivity (Wildman–Crippen MR) is 84.4 cm³/mol. The average molecular weight is 300 g/mol. The molecule has 0 saturated heterocycles. The molecule has 114 valence electrons. The summed E-state index contributed by atoms with van der Waals surface area (Å²) in [4.78, 5) is 11.5. The van der Waals surface area contributed by atoms with Crippen LogP contribution in [0.15, 0.2) is 61.2 Å². The highest BCUT2D eigenvalue weighted by molar-refractivity contribution is 5.89. The molecule has 0 unspecified atom stereocenters. The molecule has 2 amide bonds. The van der Waals surface area contributed by atoms with Crippen LogP contribution < -0.4 is 15.4 Å². The van der Waals surface area contributed by atoms with Crippen LogP contribution in [0.4, 0.5) is 14.9 Å². The quantitative estimate of drug-likeness (QED) is 0.799. The molecule has 4 nitrogen and oxygen atoms in total. The highest BCUT2D eigenvalue weighted by Gasteiger charge is 2.02. The summed E-state index contributed by atoms with van der Waals surface area (Å²) in [5.74, 6) is 0.293. The average Bonchev–Trinajstić information content (AvgIpc) is 2.51. The molecule has 0 spiro atoms. The number of benzene rings is 2. The number of halogens is 1. The minimum Gasteiger partial charge on any atom is -0.489 e. The zero-order valence-corrected chi connectivity index (χ0v) is 12.0. The maximum Gasteiger partial charge on any atom is 0.319 e. The molecular weight excluding hydrogens is 283 g/mol. The van der Waals surface area contributed by atoms with Crippen molar-refractivity contribution in [3.05, 3.63) is 72.6 Å². The third-order valence-electron chi connectivity index (χ3n) is 2.79. The van der Waals surface area contributed by atoms with Gasteiger partial charge >= 0.3 is 6.03 Å². The standard InChI is InChI=1S/C17H17FN2O2/c1-2-9-19-17(21)20-15-7-4-8-16(11-15)22-12-13-5-3-6-14(18)10-13/h2-8,10-11H,1,9,12H2,(H2,19,20,21). The predicted octanol–water partition coefficient (Wildman–Crippen LogP) is 3.71. The van der Waals surface area contributed by atoms with Crippen LogP contribution in [0.25, 0.3) is 0 Å². The van der Waals surface area contributed by atoms with Crippen LogP contribution >= 0.6 is 0 Å². The van der Waals surface area contributed by atoms with Gasteiger partial charge in [0.1, 0.15) is 18.2 Å². The van der Waals surface area contributed by atoms with E-state index in [9.17, 15) is 9.18 Å². The zero-order chi connectivity index (χ0) is 15.8. The van der Waals surface area contributed by atoms with Gasteiger partial charge in [-0.15, -0.1) is 6.58 Å². The maximum absolute atomic E-state index is 13.1. The molecule has 0 aliphatic heterocycles. The summed E-state index contributed by atoms with van der Waals surface area (Å²) < 4.78 is 18.7. The number of rotatable bonds is 6. The second-order valence-electron chi connectivity index (χ2n) is 4.57. The molecule has 0 fully saturated rings. The Morgan fingerprint density at radius 2 is 2.05 bits per heavy atom. The van der Waals surface area contributed by atoms with Crippen LogP contribution in [0, 0.1) is 5.82 Å². The van der Waals surface area contributed by atoms with Gasteiger partial charge in [-0.2, -0.15) is 0 Å². The number of carbonyl (C=O) groups is 1. The van der Waals surface area contributed by atoms with E-state index < -0.39 is 0 Å². The molecule has 0 saturated carbocycles. The van der Waals surface area contributed by atoms with Gasteiger partial charge in [0, 0.05) is 18.3 Å². The lowest BCUT2D eigenvalue weighted by Gasteiger charge is -2.09. The zero-order valence-electron chi connectivity index (χ0n) is 12.0. The van der Waals surface area contributed by atoms with Crippen LogP contribution in [-0.2, 0) is 6.61 Å². The lowest BCUT2D eigenvalue weighted by molar-refractivity contribution is 0.253. The fraction of sp³-hybridized carbons (Fsp3) is 0.118. The first-order valence-corrected chi connectivity index (χ1v) is 6.80. The summed E-state index contributed by atoms with van der Waals surface area (Å²) in [6.07, 6.45) is 1.60. The minimum atomic E-state index is -0.317. The number of hydrogen-bond donors (Lipinski definition) is 2. The van der Waals surface area contributed by atoms with Gasteiger partial charge in [0.05, 0.1) is 0 Å². The van der Waals surface area contributed by atoms with E-state index in [-0.39, 0.29) is 18.5 Å². The topological polar surface area (TPSA) is 50.4 Å². The number of anilines is 1. The smallest absolute Gasteiger partial charge is 0.319 e. The molecule has 2 N–H and O–H groups in total. The first-order chi connectivity index (χ1) is 10.7. The molecule has 2 rings (SSSR count). The Morgan fingerprint density at radius 3 is 2.82 bits per heavy atom. The summed E-state index contributed by atoms with van der Waals surface area (Å²) in [7, 11) is 0. The summed E-state index contributed by atoms with van der Waals surface area (Å²) in [5.41, 5.74) is 1.35. The van der Waals surface area contributed by atoms with Gasteiger partial charge in [-0.1, -0.05) is 24.3 Å². The van der Waals surface area contributed by atoms with Crippen molar-refractivity contribution in [2.24, 2.45) is 0 Å². The van der Waals surface area contributed by atoms with Gasteiger partial charge in [0.2, 0.25) is 0 Å². The van der Waals surface area contributed by atoms with Crippen molar-refractivity contribution in [1.29, 1.82) is 0 Å². The largest absolute Gasteiger partial charge is 0.489 e. The molecule has 5 heteroatoms. The number of ether oxygens (including phenoxy) is 1. The molecule has 0 heterocycles. The normalized spacial score (nSPS) is 9.86. The van der Waals surface area contributed by atoms with Crippen molar-refractivity contribution in [3.8, 4) is 5.75 Å². The molecule has 22 heavy (non-hydrogen) atoms. The van der Waals surface area contributed by atoms with E-state index >= 15 is 0 Å². The van der Waals surface area contributed by atoms with Crippen molar-refractivity contribution < 1.29 is 13.9 Å². The Labute approximate surface area is 128 Å². The van der Waals surface area contributed by atoms with Crippen LogP contribution in [0.3, 0.4) is 0 Å². The second-order valence-corrected chi connectivity index (χ2v) is 4.57. The Balaban J connectivity index is 1.93. The number of amides is 2. The molecule has 0 atom stereocenters. The third-order valence-corrected chi connectivity index (χ3v) is 2.79. The molecule has 0 aliphatic carbocycles. The van der Waals surface area contributed by atoms with Gasteiger partial charge in [0.25, 0.3) is 0 Å². The van der Waals surface area contributed by atoms with Crippen LogP contribution in [0.5, 0.6) is 5.75 Å². The van der Waals surface area contributed by atoms with E-state index in [1.807, 2.05) is 0 Å². The lowest BCUT2D eigenvalue weighted by Crippen LogP contribution is -2.28. The molecule has 2 aromatic carbocycles. The van der Waals surface area contributed by atoms with E-state index in [0.29, 0.717) is 18.0 Å². The van der Waals surface area contributed by atoms with Crippen molar-refractivity contribution in [3.63, 3.8) is 0 Å². The number of nitrogens with one attached hydrogen (secondary N) is 2. The Kier molecular flexibility index (Phi) is 5.54. The molecule has 2 aromatic rings. The third kappa shape index (κ3) is 4.94. The van der Waals surface area contributed by atoms with E-state index in [1.165, 1.54) is 12.1 Å². The van der Waals surface area contributed by atoms with Crippen molar-refractivity contribution in [2.45, 2.75) is 6.61 Å². The van der Waals surface area contributed by atoms with Gasteiger partial charge in [-0.05, 0) is 29.8 Å². The summed E-state index contributed by atoms with van der Waals surface area (Å²) in [6.45, 7) is 4.17. The summed E-state index contributed by atoms with van der Waals surface area (Å²) >= 11 is 0. The Morgan fingerprint density at radius 1 is 1.23 bits per heavy atom. The SMILES string of the molecule is C=CCNC(=O)Nc1cccc(OCc2cccc(F)c2)c1. The lowest BCUT2D eigenvalue weighted by atomic mass is 10.2. The van der Waals surface area contributed by atoms with Crippen molar-refractivity contribution in [2.75, 3.05) is 11.9 Å². The van der Waals surface area contributed by atoms with Gasteiger partial charge < -0.3 is 15.4 Å². The van der Waals surface area contributed by atoms with Crippen molar-refractivity contribution >= 4 is 11.7 Å². The maximum atomic E-state index is 13.1. The minimum absolute atomic E-state index is 0.254. The highest BCUT2D eigenvalue weighted by atomic mass is 19.1. The highest BCUT2D eigenvalue weighted by Crippen LogP contribution is 2.18. The van der Waals surface area contributed by atoms with Crippen LogP contribution in [0.1, 0.15) is 5.56 Å². The van der Waals surface area contributed by atoms with Gasteiger partial charge in [-0.3, -0.25) is 0 Å². The number of urea groups is 1. The fourth-order valence-corrected chi connectivity index (χ4v) is 1.80. The first-order valence-electron chi connectivity index (χ1n) is 6.80. The number of carbonyl (C=O) groups excluding carboxylic acids is 1. The van der Waals surface area contributed by atoms with Crippen LogP contribution in [0.2, 0.25) is 0 Å².